The Morgan fingerprint density at radius 1 is 1.38 bits per heavy atom. The summed E-state index contributed by atoms with van der Waals surface area (Å²) < 4.78 is 1.78. The van der Waals surface area contributed by atoms with Crippen LogP contribution in [0.4, 0.5) is 5.69 Å². The maximum absolute atomic E-state index is 11.1. The van der Waals surface area contributed by atoms with Crippen LogP contribution in [0.5, 0.6) is 0 Å². The van der Waals surface area contributed by atoms with Gasteiger partial charge < -0.3 is 4.98 Å². The average molecular weight is 458 g/mol. The third-order valence-electron chi connectivity index (χ3n) is 3.27. The third kappa shape index (κ3) is 2.55. The predicted molar refractivity (Wildman–Crippen MR) is 93.3 cm³/mol. The Bertz CT molecular complexity index is 876. The van der Waals surface area contributed by atoms with E-state index in [0.717, 1.165) is 30.3 Å². The molecule has 0 aliphatic carbocycles. The maximum Gasteiger partial charge on any atom is 0.272 e. The zero-order valence-corrected chi connectivity index (χ0v) is 14.6. The van der Waals surface area contributed by atoms with Crippen molar-refractivity contribution >= 4 is 55.2 Å². The van der Waals surface area contributed by atoms with Gasteiger partial charge in [0.2, 0.25) is 0 Å². The monoisotopic (exact) mass is 457 g/mol. The Labute approximate surface area is 142 Å². The molecule has 3 rings (SSSR count). The molecule has 1 aromatic carbocycles. The van der Waals surface area contributed by atoms with E-state index < -0.39 is 0 Å². The zero-order chi connectivity index (χ0) is 15.1. The van der Waals surface area contributed by atoms with Gasteiger partial charge in [0.1, 0.15) is 5.65 Å². The van der Waals surface area contributed by atoms with Gasteiger partial charge in [-0.1, -0.05) is 12.1 Å². The van der Waals surface area contributed by atoms with Gasteiger partial charge >= 0.3 is 0 Å². The first-order chi connectivity index (χ1) is 9.97. The molecule has 0 amide bonds. The van der Waals surface area contributed by atoms with E-state index >= 15 is 0 Å². The van der Waals surface area contributed by atoms with Crippen LogP contribution in [0.1, 0.15) is 5.56 Å². The molecule has 0 saturated heterocycles. The van der Waals surface area contributed by atoms with Crippen LogP contribution in [-0.2, 0) is 0 Å². The number of nitro groups is 1. The van der Waals surface area contributed by atoms with Gasteiger partial charge in [-0.15, -0.1) is 0 Å². The second kappa shape index (κ2) is 5.38. The summed E-state index contributed by atoms with van der Waals surface area (Å²) >= 11 is 5.60. The highest BCUT2D eigenvalue weighted by atomic mass is 127. The van der Waals surface area contributed by atoms with Crippen molar-refractivity contribution < 1.29 is 4.92 Å². The molecular formula is C14H9BrIN3O2. The first kappa shape index (κ1) is 14.5. The molecule has 2 heterocycles. The summed E-state index contributed by atoms with van der Waals surface area (Å²) in [6.45, 7) is 1.74. The third-order valence-corrected chi connectivity index (χ3v) is 4.51. The van der Waals surface area contributed by atoms with Crippen molar-refractivity contribution in [1.29, 1.82) is 0 Å². The number of pyridine rings is 1. The Morgan fingerprint density at radius 2 is 2.14 bits per heavy atom. The van der Waals surface area contributed by atoms with E-state index in [4.69, 9.17) is 0 Å². The number of nitro benzene ring substituents is 1. The minimum atomic E-state index is -0.352. The molecular weight excluding hydrogens is 449 g/mol. The first-order valence-corrected chi connectivity index (χ1v) is 7.92. The Hall–Kier alpha value is -1.48. The van der Waals surface area contributed by atoms with Crippen molar-refractivity contribution in [3.63, 3.8) is 0 Å². The normalized spacial score (nSPS) is 11.0. The van der Waals surface area contributed by atoms with Crippen LogP contribution in [0.25, 0.3) is 22.2 Å². The van der Waals surface area contributed by atoms with Gasteiger partial charge in [-0.25, -0.2) is 4.98 Å². The number of H-pyrrole nitrogens is 1. The standard InChI is InChI=1S/C14H9BrIN3O2/c1-7-2-3-8(4-11(7)19(20)21)12-10-5-9(15)6-17-14(10)18-13(12)16/h2-6H,1H3,(H,17,18). The molecule has 0 saturated carbocycles. The van der Waals surface area contributed by atoms with Gasteiger partial charge in [-0.3, -0.25) is 10.1 Å². The number of nitrogens with zero attached hydrogens (tertiary/aromatic N) is 2. The van der Waals surface area contributed by atoms with Gasteiger partial charge in [0.25, 0.3) is 5.69 Å². The summed E-state index contributed by atoms with van der Waals surface area (Å²) in [5, 5.41) is 12.1. The fourth-order valence-electron chi connectivity index (χ4n) is 2.26. The van der Waals surface area contributed by atoms with Crippen LogP contribution < -0.4 is 0 Å². The SMILES string of the molecule is Cc1ccc(-c2c(I)[nH]c3ncc(Br)cc23)cc1[N+](=O)[O-]. The van der Waals surface area contributed by atoms with Crippen LogP contribution in [0, 0.1) is 20.7 Å². The topological polar surface area (TPSA) is 71.8 Å². The average Bonchev–Trinajstić information content (AvgIpc) is 2.74. The molecule has 2 aromatic heterocycles. The van der Waals surface area contributed by atoms with Gasteiger partial charge in [-0.2, -0.15) is 0 Å². The van der Waals surface area contributed by atoms with Crippen molar-refractivity contribution in [3.05, 3.63) is 54.3 Å². The lowest BCUT2D eigenvalue weighted by Gasteiger charge is -2.03. The van der Waals surface area contributed by atoms with Gasteiger partial charge in [0.05, 0.1) is 8.62 Å². The Morgan fingerprint density at radius 3 is 2.86 bits per heavy atom. The Kier molecular flexibility index (Phi) is 3.70. The van der Waals surface area contributed by atoms with E-state index in [1.54, 1.807) is 25.3 Å². The summed E-state index contributed by atoms with van der Waals surface area (Å²) in [4.78, 5) is 18.3. The highest BCUT2D eigenvalue weighted by Gasteiger charge is 2.17. The lowest BCUT2D eigenvalue weighted by molar-refractivity contribution is -0.385. The van der Waals surface area contributed by atoms with Crippen LogP contribution in [-0.4, -0.2) is 14.9 Å². The molecule has 0 bridgehead atoms. The van der Waals surface area contributed by atoms with E-state index in [-0.39, 0.29) is 10.6 Å². The minimum Gasteiger partial charge on any atom is -0.334 e. The number of aryl methyl sites for hydroxylation is 1. The quantitative estimate of drug-likeness (QED) is 0.341. The van der Waals surface area contributed by atoms with Crippen molar-refractivity contribution in [2.45, 2.75) is 6.92 Å². The molecule has 0 atom stereocenters. The molecule has 0 unspecified atom stereocenters. The van der Waals surface area contributed by atoms with Crippen molar-refractivity contribution in [1.82, 2.24) is 9.97 Å². The maximum atomic E-state index is 11.1. The van der Waals surface area contributed by atoms with Crippen LogP contribution >= 0.6 is 38.5 Å². The smallest absolute Gasteiger partial charge is 0.272 e. The van der Waals surface area contributed by atoms with Crippen molar-refractivity contribution in [2.75, 3.05) is 0 Å². The van der Waals surface area contributed by atoms with E-state index in [1.165, 1.54) is 0 Å². The predicted octanol–water partition coefficient (Wildman–Crippen LogP) is 4.81. The zero-order valence-electron chi connectivity index (χ0n) is 10.9. The van der Waals surface area contributed by atoms with E-state index in [9.17, 15) is 10.1 Å². The molecule has 0 aliphatic heterocycles. The molecule has 0 fully saturated rings. The number of fused-ring (bicyclic) bond motifs is 1. The van der Waals surface area contributed by atoms with Crippen molar-refractivity contribution in [2.24, 2.45) is 0 Å². The molecule has 0 aliphatic rings. The summed E-state index contributed by atoms with van der Waals surface area (Å²) in [5.74, 6) is 0. The number of benzene rings is 1. The molecule has 7 heteroatoms. The lowest BCUT2D eigenvalue weighted by atomic mass is 10.0. The summed E-state index contributed by atoms with van der Waals surface area (Å²) in [6.07, 6.45) is 1.72. The highest BCUT2D eigenvalue weighted by molar-refractivity contribution is 14.1. The van der Waals surface area contributed by atoms with Crippen LogP contribution in [0.3, 0.4) is 0 Å². The number of hydrogen-bond donors (Lipinski definition) is 1. The molecule has 0 spiro atoms. The van der Waals surface area contributed by atoms with Crippen molar-refractivity contribution in [3.8, 4) is 11.1 Å². The Balaban J connectivity index is 2.30. The summed E-state index contributed by atoms with van der Waals surface area (Å²) in [5.41, 5.74) is 3.28. The summed E-state index contributed by atoms with van der Waals surface area (Å²) in [7, 11) is 0. The highest BCUT2D eigenvalue weighted by Crippen LogP contribution is 2.36. The van der Waals surface area contributed by atoms with Crippen LogP contribution in [0.15, 0.2) is 34.9 Å². The largest absolute Gasteiger partial charge is 0.334 e. The molecule has 21 heavy (non-hydrogen) atoms. The number of aromatic nitrogens is 2. The lowest BCUT2D eigenvalue weighted by Crippen LogP contribution is -1.92. The van der Waals surface area contributed by atoms with Gasteiger partial charge in [0.15, 0.2) is 0 Å². The number of rotatable bonds is 2. The second-order valence-corrected chi connectivity index (χ2v) is 6.62. The van der Waals surface area contributed by atoms with E-state index in [2.05, 4.69) is 48.5 Å². The molecule has 3 aromatic rings. The summed E-state index contributed by atoms with van der Waals surface area (Å²) in [6, 6.07) is 7.24. The molecule has 106 valence electrons. The number of nitrogens with one attached hydrogen (secondary N) is 1. The van der Waals surface area contributed by atoms with E-state index in [0.29, 0.717) is 5.56 Å². The fourth-order valence-corrected chi connectivity index (χ4v) is 3.45. The minimum absolute atomic E-state index is 0.126. The van der Waals surface area contributed by atoms with Gasteiger partial charge in [-0.05, 0) is 57.1 Å². The first-order valence-electron chi connectivity index (χ1n) is 6.05. The number of aromatic amines is 1. The fraction of sp³-hybridized carbons (Fsp3) is 0.0714. The van der Waals surface area contributed by atoms with Crippen LogP contribution in [0.2, 0.25) is 0 Å². The van der Waals surface area contributed by atoms with E-state index in [1.807, 2.05) is 12.1 Å². The molecule has 0 radical (unpaired) electrons. The molecule has 1 N–H and O–H groups in total. The second-order valence-electron chi connectivity index (χ2n) is 4.62. The number of halogens is 2. The number of hydrogen-bond acceptors (Lipinski definition) is 3. The molecule has 5 nitrogen and oxygen atoms in total. The van der Waals surface area contributed by atoms with Gasteiger partial charge in [0, 0.05) is 33.2 Å².